The number of halogens is 1. The van der Waals surface area contributed by atoms with E-state index in [-0.39, 0.29) is 24.2 Å². The molecule has 0 radical (unpaired) electrons. The van der Waals surface area contributed by atoms with Crippen LogP contribution in [0, 0.1) is 11.7 Å². The van der Waals surface area contributed by atoms with E-state index in [1.54, 1.807) is 12.1 Å². The minimum absolute atomic E-state index is 0.146. The molecule has 27 heavy (non-hydrogen) atoms. The number of carbonyl (C=O) groups is 2. The summed E-state index contributed by atoms with van der Waals surface area (Å²) in [7, 11) is 0. The predicted molar refractivity (Wildman–Crippen MR) is 103 cm³/mol. The molecule has 0 aliphatic carbocycles. The van der Waals surface area contributed by atoms with Crippen molar-refractivity contribution in [3.05, 3.63) is 30.1 Å². The van der Waals surface area contributed by atoms with Gasteiger partial charge in [0.05, 0.1) is 13.1 Å². The van der Waals surface area contributed by atoms with Crippen LogP contribution >= 0.6 is 0 Å². The molecular formula is C20H29FN4O2. The SMILES string of the molecule is C[C@H]1CCCN(C(=O)CN2CCN(CC(=O)Nc3cccc(F)c3)CC2)C1. The first-order chi connectivity index (χ1) is 13.0. The summed E-state index contributed by atoms with van der Waals surface area (Å²) in [6.45, 7) is 7.76. The van der Waals surface area contributed by atoms with E-state index in [1.807, 2.05) is 4.90 Å². The zero-order chi connectivity index (χ0) is 19.2. The number of hydrogen-bond acceptors (Lipinski definition) is 4. The largest absolute Gasteiger partial charge is 0.341 e. The smallest absolute Gasteiger partial charge is 0.238 e. The highest BCUT2D eigenvalue weighted by Gasteiger charge is 2.25. The number of rotatable bonds is 5. The quantitative estimate of drug-likeness (QED) is 0.849. The van der Waals surface area contributed by atoms with Gasteiger partial charge in [0, 0.05) is 45.0 Å². The van der Waals surface area contributed by atoms with Crippen LogP contribution in [0.15, 0.2) is 24.3 Å². The Balaban J connectivity index is 1.38. The number of nitrogens with zero attached hydrogens (tertiary/aromatic N) is 3. The van der Waals surface area contributed by atoms with E-state index in [0.717, 1.165) is 45.7 Å². The van der Waals surface area contributed by atoms with E-state index in [0.29, 0.717) is 18.2 Å². The van der Waals surface area contributed by atoms with Crippen molar-refractivity contribution in [2.75, 3.05) is 57.7 Å². The molecule has 1 aromatic rings. The standard InChI is InChI=1S/C20H29FN4O2/c1-16-4-3-7-25(13-16)20(27)15-24-10-8-23(9-11-24)14-19(26)22-18-6-2-5-17(21)12-18/h2,5-6,12,16H,3-4,7-11,13-15H2,1H3,(H,22,26)/t16-/m0/s1. The maximum atomic E-state index is 13.2. The van der Waals surface area contributed by atoms with Crippen molar-refractivity contribution in [1.82, 2.24) is 14.7 Å². The van der Waals surface area contributed by atoms with Gasteiger partial charge in [0.15, 0.2) is 0 Å². The molecule has 0 aromatic heterocycles. The number of piperidine rings is 1. The molecule has 0 unspecified atom stereocenters. The Labute approximate surface area is 160 Å². The van der Waals surface area contributed by atoms with E-state index in [1.165, 1.54) is 18.6 Å². The van der Waals surface area contributed by atoms with Gasteiger partial charge in [-0.3, -0.25) is 19.4 Å². The molecule has 2 heterocycles. The lowest BCUT2D eigenvalue weighted by molar-refractivity contribution is -0.134. The first-order valence-electron chi connectivity index (χ1n) is 9.77. The third-order valence-electron chi connectivity index (χ3n) is 5.31. The summed E-state index contributed by atoms with van der Waals surface area (Å²) >= 11 is 0. The Hall–Kier alpha value is -1.99. The molecule has 0 saturated carbocycles. The summed E-state index contributed by atoms with van der Waals surface area (Å²) in [6, 6.07) is 5.90. The molecule has 2 aliphatic heterocycles. The first-order valence-corrected chi connectivity index (χ1v) is 9.77. The van der Waals surface area contributed by atoms with Gasteiger partial charge in [0.25, 0.3) is 0 Å². The fraction of sp³-hybridized carbons (Fsp3) is 0.600. The normalized spacial score (nSPS) is 21.9. The summed E-state index contributed by atoms with van der Waals surface area (Å²) in [5.41, 5.74) is 0.472. The lowest BCUT2D eigenvalue weighted by Crippen LogP contribution is -2.52. The molecule has 2 aliphatic rings. The lowest BCUT2D eigenvalue weighted by atomic mass is 10.0. The van der Waals surface area contributed by atoms with Crippen molar-refractivity contribution in [2.24, 2.45) is 5.92 Å². The van der Waals surface area contributed by atoms with Gasteiger partial charge in [-0.15, -0.1) is 0 Å². The minimum atomic E-state index is -0.366. The highest BCUT2D eigenvalue weighted by molar-refractivity contribution is 5.92. The van der Waals surface area contributed by atoms with E-state index in [9.17, 15) is 14.0 Å². The zero-order valence-corrected chi connectivity index (χ0v) is 16.0. The van der Waals surface area contributed by atoms with E-state index in [2.05, 4.69) is 22.0 Å². The summed E-state index contributed by atoms with van der Waals surface area (Å²) in [4.78, 5) is 30.8. The van der Waals surface area contributed by atoms with Crippen LogP contribution in [0.4, 0.5) is 10.1 Å². The van der Waals surface area contributed by atoms with E-state index in [4.69, 9.17) is 0 Å². The second-order valence-electron chi connectivity index (χ2n) is 7.70. The number of carbonyl (C=O) groups excluding carboxylic acids is 2. The van der Waals surface area contributed by atoms with Gasteiger partial charge in [0.1, 0.15) is 5.82 Å². The number of anilines is 1. The molecule has 1 N–H and O–H groups in total. The average Bonchev–Trinajstić information content (AvgIpc) is 2.63. The van der Waals surface area contributed by atoms with Gasteiger partial charge < -0.3 is 10.2 Å². The summed E-state index contributed by atoms with van der Waals surface area (Å²) < 4.78 is 13.2. The highest BCUT2D eigenvalue weighted by Crippen LogP contribution is 2.16. The maximum absolute atomic E-state index is 13.2. The molecular weight excluding hydrogens is 347 g/mol. The van der Waals surface area contributed by atoms with Crippen LogP contribution in [0.25, 0.3) is 0 Å². The van der Waals surface area contributed by atoms with Crippen LogP contribution in [0.1, 0.15) is 19.8 Å². The number of nitrogens with one attached hydrogen (secondary N) is 1. The molecule has 6 nitrogen and oxygen atoms in total. The van der Waals surface area contributed by atoms with Crippen molar-refractivity contribution in [3.8, 4) is 0 Å². The second kappa shape index (κ2) is 9.28. The molecule has 7 heteroatoms. The molecule has 148 valence electrons. The number of piperazine rings is 1. The van der Waals surface area contributed by atoms with Gasteiger partial charge in [-0.1, -0.05) is 13.0 Å². The Morgan fingerprint density at radius 1 is 1.11 bits per heavy atom. The van der Waals surface area contributed by atoms with Crippen molar-refractivity contribution in [2.45, 2.75) is 19.8 Å². The number of amides is 2. The van der Waals surface area contributed by atoms with Crippen LogP contribution in [-0.4, -0.2) is 78.9 Å². The van der Waals surface area contributed by atoms with E-state index < -0.39 is 0 Å². The number of benzene rings is 1. The Morgan fingerprint density at radius 3 is 2.48 bits per heavy atom. The molecule has 0 bridgehead atoms. The topological polar surface area (TPSA) is 55.9 Å². The van der Waals surface area contributed by atoms with Gasteiger partial charge >= 0.3 is 0 Å². The lowest BCUT2D eigenvalue weighted by Gasteiger charge is -2.36. The second-order valence-corrected chi connectivity index (χ2v) is 7.70. The predicted octanol–water partition coefficient (Wildman–Crippen LogP) is 1.64. The fourth-order valence-corrected chi connectivity index (χ4v) is 3.78. The molecule has 2 saturated heterocycles. The monoisotopic (exact) mass is 376 g/mol. The molecule has 1 aromatic carbocycles. The van der Waals surface area contributed by atoms with Crippen molar-refractivity contribution < 1.29 is 14.0 Å². The number of hydrogen-bond donors (Lipinski definition) is 1. The molecule has 2 fully saturated rings. The van der Waals surface area contributed by atoms with Crippen LogP contribution < -0.4 is 5.32 Å². The Bertz CT molecular complexity index is 661. The van der Waals surface area contributed by atoms with Crippen LogP contribution in [-0.2, 0) is 9.59 Å². The zero-order valence-electron chi connectivity index (χ0n) is 16.0. The highest BCUT2D eigenvalue weighted by atomic mass is 19.1. The Morgan fingerprint density at radius 2 is 1.81 bits per heavy atom. The minimum Gasteiger partial charge on any atom is -0.341 e. The first kappa shape index (κ1) is 19.8. The van der Waals surface area contributed by atoms with Crippen molar-refractivity contribution in [1.29, 1.82) is 0 Å². The molecule has 3 rings (SSSR count). The van der Waals surface area contributed by atoms with Crippen LogP contribution in [0.2, 0.25) is 0 Å². The van der Waals surface area contributed by atoms with E-state index >= 15 is 0 Å². The van der Waals surface area contributed by atoms with Crippen molar-refractivity contribution >= 4 is 17.5 Å². The maximum Gasteiger partial charge on any atom is 0.238 e. The van der Waals surface area contributed by atoms with Gasteiger partial charge in [-0.05, 0) is 37.0 Å². The number of likely N-dealkylation sites (tertiary alicyclic amines) is 1. The Kier molecular flexibility index (Phi) is 6.79. The fourth-order valence-electron chi connectivity index (χ4n) is 3.78. The summed E-state index contributed by atoms with van der Waals surface area (Å²) in [5.74, 6) is 0.302. The molecule has 2 amide bonds. The molecule has 0 spiro atoms. The van der Waals surface area contributed by atoms with Gasteiger partial charge in [0.2, 0.25) is 11.8 Å². The third-order valence-corrected chi connectivity index (χ3v) is 5.31. The molecule has 1 atom stereocenters. The van der Waals surface area contributed by atoms with Gasteiger partial charge in [-0.2, -0.15) is 0 Å². The van der Waals surface area contributed by atoms with Crippen LogP contribution in [0.5, 0.6) is 0 Å². The average molecular weight is 376 g/mol. The third kappa shape index (κ3) is 6.01. The van der Waals surface area contributed by atoms with Crippen LogP contribution in [0.3, 0.4) is 0 Å². The van der Waals surface area contributed by atoms with Crippen molar-refractivity contribution in [3.63, 3.8) is 0 Å². The summed E-state index contributed by atoms with van der Waals surface area (Å²) in [6.07, 6.45) is 2.31. The van der Waals surface area contributed by atoms with Gasteiger partial charge in [-0.25, -0.2) is 4.39 Å². The summed E-state index contributed by atoms with van der Waals surface area (Å²) in [5, 5.41) is 2.73.